The molecule has 1 saturated heterocycles. The molecule has 3 N–H and O–H groups in total. The number of halogens is 2. The van der Waals surface area contributed by atoms with Gasteiger partial charge in [0.25, 0.3) is 0 Å². The van der Waals surface area contributed by atoms with Crippen LogP contribution in [-0.4, -0.2) is 57.7 Å². The highest BCUT2D eigenvalue weighted by Crippen LogP contribution is 2.40. The van der Waals surface area contributed by atoms with Gasteiger partial charge in [-0.3, -0.25) is 4.79 Å². The van der Waals surface area contributed by atoms with E-state index in [2.05, 4.69) is 5.32 Å². The first-order chi connectivity index (χ1) is 15.9. The molecule has 0 bridgehead atoms. The summed E-state index contributed by atoms with van der Waals surface area (Å²) in [5, 5.41) is 21.6. The van der Waals surface area contributed by atoms with Gasteiger partial charge in [0.2, 0.25) is 5.43 Å². The molecule has 2 aromatic rings. The average Bonchev–Trinajstić information content (AvgIpc) is 3.48. The number of carbonyl (C=O) groups excluding carboxylic acids is 1. The van der Waals surface area contributed by atoms with Gasteiger partial charge in [0, 0.05) is 18.8 Å². The maximum atomic E-state index is 15.9. The SMILES string of the molecule is CC(C)(C)OC(=O)N[C@H]1CC(CO)N(c2c(F)cc3c(=O)c(C(=O)O)cn(C4CC4)c3c2F)C1. The molecule has 2 fully saturated rings. The Bertz CT molecular complexity index is 1220. The van der Waals surface area contributed by atoms with Crippen LogP contribution < -0.4 is 15.6 Å². The van der Waals surface area contributed by atoms with Crippen LogP contribution in [0, 0.1) is 11.6 Å². The Balaban J connectivity index is 1.76. The minimum absolute atomic E-state index is 0.00465. The van der Waals surface area contributed by atoms with E-state index in [1.165, 1.54) is 9.47 Å². The van der Waals surface area contributed by atoms with Crippen LogP contribution in [0.25, 0.3) is 10.9 Å². The quantitative estimate of drug-likeness (QED) is 0.603. The first kappa shape index (κ1) is 23.9. The van der Waals surface area contributed by atoms with Gasteiger partial charge in [-0.05, 0) is 46.1 Å². The van der Waals surface area contributed by atoms with Crippen LogP contribution in [0.4, 0.5) is 19.3 Å². The predicted octanol–water partition coefficient (Wildman–Crippen LogP) is 2.78. The van der Waals surface area contributed by atoms with Gasteiger partial charge >= 0.3 is 12.1 Å². The minimum Gasteiger partial charge on any atom is -0.477 e. The highest BCUT2D eigenvalue weighted by atomic mass is 19.1. The molecular weight excluding hydrogens is 452 g/mol. The number of aliphatic hydroxyl groups is 1. The Hall–Kier alpha value is -3.21. The van der Waals surface area contributed by atoms with Crippen molar-refractivity contribution in [3.8, 4) is 0 Å². The zero-order chi connectivity index (χ0) is 24.9. The van der Waals surface area contributed by atoms with Crippen LogP contribution in [0.5, 0.6) is 0 Å². The number of aromatic carboxylic acids is 1. The molecule has 1 aliphatic carbocycles. The van der Waals surface area contributed by atoms with Crippen LogP contribution in [-0.2, 0) is 4.74 Å². The molecule has 1 saturated carbocycles. The molecule has 184 valence electrons. The molecule has 1 amide bonds. The number of nitrogens with zero attached hydrogens (tertiary/aromatic N) is 2. The van der Waals surface area contributed by atoms with Crippen LogP contribution in [0.3, 0.4) is 0 Å². The summed E-state index contributed by atoms with van der Waals surface area (Å²) < 4.78 is 37.8. The van der Waals surface area contributed by atoms with Crippen molar-refractivity contribution in [2.75, 3.05) is 18.1 Å². The number of aliphatic hydroxyl groups excluding tert-OH is 1. The Morgan fingerprint density at radius 2 is 1.94 bits per heavy atom. The number of nitrogens with one attached hydrogen (secondary N) is 1. The number of hydrogen-bond acceptors (Lipinski definition) is 6. The molecule has 1 aromatic carbocycles. The number of ether oxygens (including phenoxy) is 1. The van der Waals surface area contributed by atoms with Crippen molar-refractivity contribution in [2.24, 2.45) is 0 Å². The van der Waals surface area contributed by atoms with Crippen molar-refractivity contribution in [1.29, 1.82) is 0 Å². The van der Waals surface area contributed by atoms with Crippen molar-refractivity contribution in [1.82, 2.24) is 9.88 Å². The van der Waals surface area contributed by atoms with Gasteiger partial charge in [0.15, 0.2) is 5.82 Å². The van der Waals surface area contributed by atoms with E-state index < -0.39 is 64.7 Å². The van der Waals surface area contributed by atoms with E-state index in [-0.39, 0.29) is 29.9 Å². The molecule has 0 radical (unpaired) electrons. The number of carbonyl (C=O) groups is 2. The van der Waals surface area contributed by atoms with Gasteiger partial charge in [-0.1, -0.05) is 0 Å². The summed E-state index contributed by atoms with van der Waals surface area (Å²) in [4.78, 5) is 37.7. The molecule has 11 heteroatoms. The van der Waals surface area contributed by atoms with E-state index in [0.717, 1.165) is 12.3 Å². The number of carboxylic acids is 1. The van der Waals surface area contributed by atoms with Crippen molar-refractivity contribution >= 4 is 28.7 Å². The molecule has 2 aliphatic rings. The van der Waals surface area contributed by atoms with E-state index in [1.807, 2.05) is 0 Å². The molecule has 34 heavy (non-hydrogen) atoms. The number of pyridine rings is 1. The highest BCUT2D eigenvalue weighted by molar-refractivity contribution is 5.94. The lowest BCUT2D eigenvalue weighted by atomic mass is 10.1. The lowest BCUT2D eigenvalue weighted by molar-refractivity contribution is 0.0507. The number of fused-ring (bicyclic) bond motifs is 1. The Morgan fingerprint density at radius 1 is 1.26 bits per heavy atom. The number of aromatic nitrogens is 1. The predicted molar refractivity (Wildman–Crippen MR) is 119 cm³/mol. The fraction of sp³-hybridized carbons (Fsp3) is 0.522. The van der Waals surface area contributed by atoms with Gasteiger partial charge < -0.3 is 29.7 Å². The fourth-order valence-corrected chi connectivity index (χ4v) is 4.43. The van der Waals surface area contributed by atoms with E-state index in [1.54, 1.807) is 20.8 Å². The van der Waals surface area contributed by atoms with Crippen molar-refractivity contribution in [3.63, 3.8) is 0 Å². The summed E-state index contributed by atoms with van der Waals surface area (Å²) in [5.41, 5.74) is -2.85. The molecule has 2 atom stereocenters. The number of hydrogen-bond donors (Lipinski definition) is 3. The number of benzene rings is 1. The Kier molecular flexibility index (Phi) is 6.01. The third-order valence-electron chi connectivity index (χ3n) is 5.99. The fourth-order valence-electron chi connectivity index (χ4n) is 4.43. The van der Waals surface area contributed by atoms with E-state index in [0.29, 0.717) is 12.8 Å². The number of rotatable bonds is 5. The first-order valence-electron chi connectivity index (χ1n) is 11.1. The average molecular weight is 479 g/mol. The monoisotopic (exact) mass is 479 g/mol. The van der Waals surface area contributed by atoms with Crippen molar-refractivity contribution in [3.05, 3.63) is 39.7 Å². The largest absolute Gasteiger partial charge is 0.477 e. The van der Waals surface area contributed by atoms with E-state index >= 15 is 8.78 Å². The smallest absolute Gasteiger partial charge is 0.407 e. The maximum absolute atomic E-state index is 15.9. The van der Waals surface area contributed by atoms with Crippen molar-refractivity contribution < 1.29 is 33.3 Å². The van der Waals surface area contributed by atoms with Gasteiger partial charge in [-0.25, -0.2) is 18.4 Å². The van der Waals surface area contributed by atoms with Crippen LogP contribution in [0.15, 0.2) is 17.1 Å². The third kappa shape index (κ3) is 4.44. The molecule has 1 aliphatic heterocycles. The number of anilines is 1. The molecule has 1 unspecified atom stereocenters. The summed E-state index contributed by atoms with van der Waals surface area (Å²) in [6.07, 6.45) is 2.00. The molecule has 9 nitrogen and oxygen atoms in total. The van der Waals surface area contributed by atoms with Crippen LogP contribution >= 0.6 is 0 Å². The second-order valence-electron chi connectivity index (χ2n) is 9.80. The number of amides is 1. The summed E-state index contributed by atoms with van der Waals surface area (Å²) >= 11 is 0. The molecule has 4 rings (SSSR count). The summed E-state index contributed by atoms with van der Waals surface area (Å²) in [6, 6.07) is -0.574. The number of carboxylic acid groups (broad SMARTS) is 1. The van der Waals surface area contributed by atoms with Gasteiger partial charge in [0.1, 0.15) is 22.7 Å². The molecule has 1 aromatic heterocycles. The van der Waals surface area contributed by atoms with Gasteiger partial charge in [0.05, 0.1) is 29.6 Å². The third-order valence-corrected chi connectivity index (χ3v) is 5.99. The lowest BCUT2D eigenvalue weighted by Gasteiger charge is -2.27. The summed E-state index contributed by atoms with van der Waals surface area (Å²) in [6.45, 7) is 4.71. The maximum Gasteiger partial charge on any atom is 0.407 e. The second-order valence-corrected chi connectivity index (χ2v) is 9.80. The zero-order valence-electron chi connectivity index (χ0n) is 19.1. The van der Waals surface area contributed by atoms with Crippen LogP contribution in [0.2, 0.25) is 0 Å². The normalized spacial score (nSPS) is 20.6. The van der Waals surface area contributed by atoms with E-state index in [4.69, 9.17) is 4.74 Å². The Morgan fingerprint density at radius 3 is 2.50 bits per heavy atom. The lowest BCUT2D eigenvalue weighted by Crippen LogP contribution is -2.40. The summed E-state index contributed by atoms with van der Waals surface area (Å²) in [7, 11) is 0. The standard InChI is InChI=1S/C23H27F2N3O6/c1-23(2,3)34-22(33)26-11-6-13(10-29)27(8-11)19-16(24)7-14-18(17(19)25)28(12-4-5-12)9-15(20(14)30)21(31)32/h7,9,11-13,29H,4-6,8,10H2,1-3H3,(H,26,33)(H,31,32)/t11-,13?/m0/s1. The van der Waals surface area contributed by atoms with Crippen molar-refractivity contribution in [2.45, 2.75) is 63.8 Å². The molecule has 2 heterocycles. The van der Waals surface area contributed by atoms with Gasteiger partial charge in [-0.2, -0.15) is 0 Å². The first-order valence-corrected chi connectivity index (χ1v) is 11.1. The molecule has 0 spiro atoms. The second kappa shape index (κ2) is 8.53. The highest BCUT2D eigenvalue weighted by Gasteiger charge is 2.38. The van der Waals surface area contributed by atoms with Gasteiger partial charge in [-0.15, -0.1) is 0 Å². The van der Waals surface area contributed by atoms with E-state index in [9.17, 15) is 24.6 Å². The number of alkyl carbamates (subject to hydrolysis) is 1. The summed E-state index contributed by atoms with van der Waals surface area (Å²) in [5.74, 6) is -3.53. The zero-order valence-corrected chi connectivity index (χ0v) is 19.1. The topological polar surface area (TPSA) is 121 Å². The minimum atomic E-state index is -1.47. The molecular formula is C23H27F2N3O6. The van der Waals surface area contributed by atoms with Crippen LogP contribution in [0.1, 0.15) is 56.4 Å². The Labute approximate surface area is 193 Å².